The highest BCUT2D eigenvalue weighted by Gasteiger charge is 2.28. The molecule has 2 aromatic rings. The van der Waals surface area contributed by atoms with Crippen LogP contribution in [0.2, 0.25) is 0 Å². The fourth-order valence-electron chi connectivity index (χ4n) is 3.40. The molecular formula is C18H22N6O3. The molecule has 9 heteroatoms. The number of anilines is 2. The summed E-state index contributed by atoms with van der Waals surface area (Å²) in [5, 5.41) is 10.2. The van der Waals surface area contributed by atoms with Crippen molar-refractivity contribution in [1.82, 2.24) is 20.4 Å². The number of para-hydroxylation sites is 2. The fraction of sp³-hybridized carbons (Fsp3) is 0.444. The average Bonchev–Trinajstić information content (AvgIpc) is 3.14. The summed E-state index contributed by atoms with van der Waals surface area (Å²) in [6, 6.07) is 7.35. The molecule has 2 aliphatic rings. The van der Waals surface area contributed by atoms with Gasteiger partial charge in [-0.05, 0) is 19.2 Å². The van der Waals surface area contributed by atoms with Crippen LogP contribution in [0.5, 0.6) is 0 Å². The Bertz CT molecular complexity index is 851. The molecule has 142 valence electrons. The molecule has 1 aromatic carbocycles. The first-order valence-corrected chi connectivity index (χ1v) is 9.04. The van der Waals surface area contributed by atoms with Crippen LogP contribution in [0.25, 0.3) is 0 Å². The minimum Gasteiger partial charge on any atom is -0.339 e. The molecule has 1 atom stereocenters. The standard InChI is InChI=1S/C18H22N6O3/c1-23-9-8-19-10-14(23)18-21-16(27-22-18)6-7-17(26)24-11-15(25)20-12-4-2-3-5-13(12)24/h2-5,14,19H,6-11H2,1H3,(H,20,25). The first-order valence-electron chi connectivity index (χ1n) is 9.04. The van der Waals surface area contributed by atoms with Gasteiger partial charge in [-0.15, -0.1) is 0 Å². The van der Waals surface area contributed by atoms with E-state index in [0.29, 0.717) is 29.5 Å². The lowest BCUT2D eigenvalue weighted by Crippen LogP contribution is -2.44. The molecule has 2 aliphatic heterocycles. The number of hydrogen-bond acceptors (Lipinski definition) is 7. The van der Waals surface area contributed by atoms with Gasteiger partial charge in [0.1, 0.15) is 6.54 Å². The van der Waals surface area contributed by atoms with Crippen LogP contribution in [0.3, 0.4) is 0 Å². The van der Waals surface area contributed by atoms with E-state index in [0.717, 1.165) is 19.6 Å². The van der Waals surface area contributed by atoms with Gasteiger partial charge in [-0.3, -0.25) is 14.5 Å². The predicted molar refractivity (Wildman–Crippen MR) is 98.3 cm³/mol. The summed E-state index contributed by atoms with van der Waals surface area (Å²) in [6.45, 7) is 2.65. The van der Waals surface area contributed by atoms with Crippen molar-refractivity contribution in [3.63, 3.8) is 0 Å². The van der Waals surface area contributed by atoms with E-state index in [1.54, 1.807) is 6.07 Å². The highest BCUT2D eigenvalue weighted by Crippen LogP contribution is 2.29. The number of amides is 2. The Morgan fingerprint density at radius 3 is 3.07 bits per heavy atom. The molecule has 0 radical (unpaired) electrons. The van der Waals surface area contributed by atoms with Crippen molar-refractivity contribution in [3.8, 4) is 0 Å². The summed E-state index contributed by atoms with van der Waals surface area (Å²) in [6.07, 6.45) is 0.540. The Morgan fingerprint density at radius 2 is 2.22 bits per heavy atom. The zero-order valence-electron chi connectivity index (χ0n) is 15.1. The topological polar surface area (TPSA) is 104 Å². The van der Waals surface area contributed by atoms with Gasteiger partial charge in [0.25, 0.3) is 0 Å². The minimum absolute atomic E-state index is 0.0173. The van der Waals surface area contributed by atoms with Gasteiger partial charge in [0.05, 0.1) is 17.4 Å². The van der Waals surface area contributed by atoms with E-state index in [9.17, 15) is 9.59 Å². The van der Waals surface area contributed by atoms with Crippen LogP contribution in [0.4, 0.5) is 11.4 Å². The van der Waals surface area contributed by atoms with E-state index in [1.807, 2.05) is 25.2 Å². The maximum absolute atomic E-state index is 12.7. The van der Waals surface area contributed by atoms with Gasteiger partial charge in [0.15, 0.2) is 5.82 Å². The highest BCUT2D eigenvalue weighted by atomic mass is 16.5. The van der Waals surface area contributed by atoms with Gasteiger partial charge >= 0.3 is 0 Å². The zero-order valence-corrected chi connectivity index (χ0v) is 15.1. The highest BCUT2D eigenvalue weighted by molar-refractivity contribution is 6.09. The number of aromatic nitrogens is 2. The summed E-state index contributed by atoms with van der Waals surface area (Å²) in [4.78, 5) is 32.7. The molecule has 1 fully saturated rings. The van der Waals surface area contributed by atoms with E-state index >= 15 is 0 Å². The first kappa shape index (κ1) is 17.6. The molecule has 2 N–H and O–H groups in total. The molecule has 2 amide bonds. The molecule has 0 bridgehead atoms. The molecule has 1 aromatic heterocycles. The maximum atomic E-state index is 12.7. The number of benzene rings is 1. The second kappa shape index (κ2) is 7.45. The van der Waals surface area contributed by atoms with Crippen molar-refractivity contribution in [2.45, 2.75) is 18.9 Å². The normalized spacial score (nSPS) is 20.3. The Kier molecular flexibility index (Phi) is 4.87. The lowest BCUT2D eigenvalue weighted by atomic mass is 10.1. The van der Waals surface area contributed by atoms with E-state index in [4.69, 9.17) is 4.52 Å². The second-order valence-corrected chi connectivity index (χ2v) is 6.79. The monoisotopic (exact) mass is 370 g/mol. The third-order valence-electron chi connectivity index (χ3n) is 4.92. The zero-order chi connectivity index (χ0) is 18.8. The molecule has 0 saturated carbocycles. The largest absolute Gasteiger partial charge is 0.339 e. The summed E-state index contributed by atoms with van der Waals surface area (Å²) in [5.74, 6) is 0.727. The molecule has 27 heavy (non-hydrogen) atoms. The minimum atomic E-state index is -0.199. The third-order valence-corrected chi connectivity index (χ3v) is 4.92. The lowest BCUT2D eigenvalue weighted by Gasteiger charge is -2.30. The molecule has 0 spiro atoms. The number of carbonyl (C=O) groups is 2. The van der Waals surface area contributed by atoms with Gasteiger partial charge in [0, 0.05) is 32.5 Å². The van der Waals surface area contributed by atoms with Crippen molar-refractivity contribution >= 4 is 23.2 Å². The van der Waals surface area contributed by atoms with Crippen LogP contribution in [-0.4, -0.2) is 60.1 Å². The smallest absolute Gasteiger partial charge is 0.244 e. The van der Waals surface area contributed by atoms with Crippen LogP contribution in [0, 0.1) is 0 Å². The number of piperazine rings is 1. The van der Waals surface area contributed by atoms with Gasteiger partial charge in [-0.25, -0.2) is 0 Å². The number of fused-ring (bicyclic) bond motifs is 1. The molecule has 1 saturated heterocycles. The Labute approximate surface area is 156 Å². The summed E-state index contributed by atoms with van der Waals surface area (Å²) in [5.41, 5.74) is 1.36. The number of nitrogens with one attached hydrogen (secondary N) is 2. The van der Waals surface area contributed by atoms with Gasteiger partial charge in [-0.1, -0.05) is 17.3 Å². The van der Waals surface area contributed by atoms with Crippen molar-refractivity contribution < 1.29 is 14.1 Å². The Hall–Kier alpha value is -2.78. The van der Waals surface area contributed by atoms with Crippen molar-refractivity contribution in [1.29, 1.82) is 0 Å². The number of rotatable bonds is 4. The van der Waals surface area contributed by atoms with Crippen molar-refractivity contribution in [3.05, 3.63) is 36.0 Å². The predicted octanol–water partition coefficient (Wildman–Crippen LogP) is 0.564. The molecule has 4 rings (SSSR count). The number of nitrogens with zero attached hydrogens (tertiary/aromatic N) is 4. The second-order valence-electron chi connectivity index (χ2n) is 6.79. The molecule has 0 aliphatic carbocycles. The van der Waals surface area contributed by atoms with Crippen LogP contribution in [0.15, 0.2) is 28.8 Å². The third kappa shape index (κ3) is 3.69. The van der Waals surface area contributed by atoms with Crippen molar-refractivity contribution in [2.24, 2.45) is 0 Å². The molecular weight excluding hydrogens is 348 g/mol. The van der Waals surface area contributed by atoms with Crippen LogP contribution in [-0.2, 0) is 16.0 Å². The first-order chi connectivity index (χ1) is 13.1. The van der Waals surface area contributed by atoms with Crippen LogP contribution >= 0.6 is 0 Å². The Morgan fingerprint density at radius 1 is 1.37 bits per heavy atom. The van der Waals surface area contributed by atoms with E-state index in [-0.39, 0.29) is 30.8 Å². The summed E-state index contributed by atoms with van der Waals surface area (Å²) in [7, 11) is 2.03. The number of aryl methyl sites for hydroxylation is 1. The Balaban J connectivity index is 1.41. The van der Waals surface area contributed by atoms with E-state index < -0.39 is 0 Å². The lowest BCUT2D eigenvalue weighted by molar-refractivity contribution is -0.121. The maximum Gasteiger partial charge on any atom is 0.244 e. The van der Waals surface area contributed by atoms with Gasteiger partial charge < -0.3 is 20.1 Å². The van der Waals surface area contributed by atoms with Gasteiger partial charge in [-0.2, -0.15) is 4.98 Å². The van der Waals surface area contributed by atoms with Crippen LogP contribution < -0.4 is 15.5 Å². The van der Waals surface area contributed by atoms with E-state index in [1.165, 1.54) is 4.90 Å². The average molecular weight is 370 g/mol. The molecule has 3 heterocycles. The van der Waals surface area contributed by atoms with Crippen molar-refractivity contribution in [2.75, 3.05) is 43.4 Å². The number of likely N-dealkylation sites (N-methyl/N-ethyl adjacent to an activating group) is 1. The van der Waals surface area contributed by atoms with Crippen LogP contribution in [0.1, 0.15) is 24.2 Å². The van der Waals surface area contributed by atoms with Gasteiger partial charge in [0.2, 0.25) is 17.7 Å². The molecule has 1 unspecified atom stereocenters. The number of carbonyl (C=O) groups excluding carboxylic acids is 2. The SMILES string of the molecule is CN1CCNCC1c1noc(CCC(=O)N2CC(=O)Nc3ccccc32)n1. The summed E-state index contributed by atoms with van der Waals surface area (Å²) >= 11 is 0. The van der Waals surface area contributed by atoms with E-state index in [2.05, 4.69) is 25.7 Å². The number of hydrogen-bond donors (Lipinski definition) is 2. The quantitative estimate of drug-likeness (QED) is 0.811. The summed E-state index contributed by atoms with van der Waals surface area (Å²) < 4.78 is 5.33. The molecule has 9 nitrogen and oxygen atoms in total. The fourth-order valence-corrected chi connectivity index (χ4v) is 3.40.